The second-order valence-electron chi connectivity index (χ2n) is 8.28. The van der Waals surface area contributed by atoms with Gasteiger partial charge in [-0.25, -0.2) is 0 Å². The summed E-state index contributed by atoms with van der Waals surface area (Å²) < 4.78 is 5.73. The maximum Gasteiger partial charge on any atom is 0.255 e. The largest absolute Gasteiger partial charge is 0.494 e. The predicted octanol–water partition coefficient (Wildman–Crippen LogP) is 5.96. The van der Waals surface area contributed by atoms with Gasteiger partial charge in [-0.05, 0) is 61.7 Å². The van der Waals surface area contributed by atoms with Crippen molar-refractivity contribution in [2.45, 2.75) is 70.8 Å². The molecule has 2 aromatic carbocycles. The molecule has 31 heavy (non-hydrogen) atoms. The lowest BCUT2D eigenvalue weighted by atomic mass is 9.95. The third kappa shape index (κ3) is 7.42. The first-order valence-electron chi connectivity index (χ1n) is 11.6. The number of nitrogens with one attached hydrogen (secondary N) is 2. The highest BCUT2D eigenvalue weighted by molar-refractivity contribution is 6.05. The zero-order valence-electron chi connectivity index (χ0n) is 18.5. The monoisotopic (exact) mass is 422 g/mol. The van der Waals surface area contributed by atoms with E-state index < -0.39 is 0 Å². The molecule has 0 aromatic heterocycles. The lowest BCUT2D eigenvalue weighted by Gasteiger charge is -2.22. The fourth-order valence-corrected chi connectivity index (χ4v) is 3.88. The van der Waals surface area contributed by atoms with Gasteiger partial charge in [0.25, 0.3) is 11.8 Å². The van der Waals surface area contributed by atoms with Crippen LogP contribution in [-0.2, 0) is 0 Å². The van der Waals surface area contributed by atoms with E-state index in [0.29, 0.717) is 23.4 Å². The van der Waals surface area contributed by atoms with E-state index in [1.807, 2.05) is 12.1 Å². The van der Waals surface area contributed by atoms with Crippen LogP contribution in [0.3, 0.4) is 0 Å². The molecule has 2 amide bonds. The fourth-order valence-electron chi connectivity index (χ4n) is 3.88. The maximum atomic E-state index is 12.6. The summed E-state index contributed by atoms with van der Waals surface area (Å²) in [6.45, 7) is 2.88. The van der Waals surface area contributed by atoms with Crippen LogP contribution in [0.4, 0.5) is 5.69 Å². The highest BCUT2D eigenvalue weighted by atomic mass is 16.5. The van der Waals surface area contributed by atoms with Crippen LogP contribution in [0.15, 0.2) is 48.5 Å². The Labute approximate surface area is 185 Å². The van der Waals surface area contributed by atoms with Gasteiger partial charge in [0.1, 0.15) is 5.75 Å². The van der Waals surface area contributed by atoms with E-state index >= 15 is 0 Å². The Morgan fingerprint density at radius 1 is 0.903 bits per heavy atom. The lowest BCUT2D eigenvalue weighted by molar-refractivity contribution is 0.0926. The van der Waals surface area contributed by atoms with Crippen LogP contribution in [0.25, 0.3) is 0 Å². The van der Waals surface area contributed by atoms with Crippen molar-refractivity contribution in [1.82, 2.24) is 5.32 Å². The Bertz CT molecular complexity index is 842. The molecule has 2 N–H and O–H groups in total. The number of amides is 2. The molecule has 0 bridgehead atoms. The van der Waals surface area contributed by atoms with E-state index in [4.69, 9.17) is 4.74 Å². The first kappa shape index (κ1) is 22.9. The molecule has 0 radical (unpaired) electrons. The summed E-state index contributed by atoms with van der Waals surface area (Å²) in [4.78, 5) is 25.2. The molecule has 1 aliphatic carbocycles. The van der Waals surface area contributed by atoms with Crippen molar-refractivity contribution in [2.24, 2.45) is 0 Å². The molecule has 0 saturated heterocycles. The molecule has 166 valence electrons. The second-order valence-corrected chi connectivity index (χ2v) is 8.28. The minimum Gasteiger partial charge on any atom is -0.494 e. The quantitative estimate of drug-likeness (QED) is 0.464. The van der Waals surface area contributed by atoms with Crippen LogP contribution >= 0.6 is 0 Å². The summed E-state index contributed by atoms with van der Waals surface area (Å²) in [6.07, 6.45) is 10.3. The summed E-state index contributed by atoms with van der Waals surface area (Å²) in [5.74, 6) is 0.484. The van der Waals surface area contributed by atoms with Crippen LogP contribution in [0.2, 0.25) is 0 Å². The highest BCUT2D eigenvalue weighted by Crippen LogP contribution is 2.19. The number of benzene rings is 2. The van der Waals surface area contributed by atoms with Gasteiger partial charge in [-0.3, -0.25) is 9.59 Å². The molecule has 1 fully saturated rings. The third-order valence-electron chi connectivity index (χ3n) is 5.71. The number of carbonyl (C=O) groups is 2. The summed E-state index contributed by atoms with van der Waals surface area (Å²) in [5.41, 5.74) is 1.73. The number of hydrogen-bond donors (Lipinski definition) is 2. The predicted molar refractivity (Wildman–Crippen MR) is 125 cm³/mol. The Balaban J connectivity index is 1.51. The molecule has 0 spiro atoms. The number of hydrogen-bond acceptors (Lipinski definition) is 3. The first-order valence-corrected chi connectivity index (χ1v) is 11.6. The van der Waals surface area contributed by atoms with Gasteiger partial charge in [0.15, 0.2) is 0 Å². The summed E-state index contributed by atoms with van der Waals surface area (Å²) in [7, 11) is 0. The lowest BCUT2D eigenvalue weighted by Crippen LogP contribution is -2.36. The van der Waals surface area contributed by atoms with E-state index in [9.17, 15) is 9.59 Å². The van der Waals surface area contributed by atoms with Gasteiger partial charge in [-0.15, -0.1) is 0 Å². The van der Waals surface area contributed by atoms with E-state index in [-0.39, 0.29) is 17.9 Å². The van der Waals surface area contributed by atoms with Crippen molar-refractivity contribution in [3.63, 3.8) is 0 Å². The summed E-state index contributed by atoms with van der Waals surface area (Å²) in [6, 6.07) is 14.5. The number of ether oxygens (including phenoxy) is 1. The number of anilines is 1. The molecule has 0 aliphatic heterocycles. The Morgan fingerprint density at radius 3 is 2.42 bits per heavy atom. The number of rotatable bonds is 10. The zero-order valence-corrected chi connectivity index (χ0v) is 18.5. The molecule has 1 aliphatic rings. The highest BCUT2D eigenvalue weighted by Gasteiger charge is 2.17. The third-order valence-corrected chi connectivity index (χ3v) is 5.71. The minimum atomic E-state index is -0.209. The van der Waals surface area contributed by atoms with Crippen LogP contribution in [0.5, 0.6) is 5.75 Å². The van der Waals surface area contributed by atoms with Crippen LogP contribution in [-0.4, -0.2) is 24.5 Å². The molecule has 2 aromatic rings. The van der Waals surface area contributed by atoms with Crippen molar-refractivity contribution >= 4 is 17.5 Å². The molecule has 1 saturated carbocycles. The molecule has 0 atom stereocenters. The maximum absolute atomic E-state index is 12.6. The van der Waals surface area contributed by atoms with E-state index in [2.05, 4.69) is 17.6 Å². The molecule has 3 rings (SSSR count). The van der Waals surface area contributed by atoms with Crippen molar-refractivity contribution < 1.29 is 14.3 Å². The standard InChI is InChI=1S/C26H34N2O3/c1-2-3-4-8-18-31-24-16-14-20(15-17-24)25(29)28-23-13-9-10-21(19-23)26(30)27-22-11-6-5-7-12-22/h9-10,13-17,19,22H,2-8,11-12,18H2,1H3,(H,27,30)(H,28,29). The topological polar surface area (TPSA) is 67.4 Å². The van der Waals surface area contributed by atoms with Gasteiger partial charge in [0, 0.05) is 22.9 Å². The summed E-state index contributed by atoms with van der Waals surface area (Å²) in [5, 5.41) is 6.00. The van der Waals surface area contributed by atoms with Crippen molar-refractivity contribution in [3.8, 4) is 5.75 Å². The minimum absolute atomic E-state index is 0.0802. The second kappa shape index (κ2) is 12.1. The Hall–Kier alpha value is -2.82. The van der Waals surface area contributed by atoms with Crippen molar-refractivity contribution in [2.75, 3.05) is 11.9 Å². The van der Waals surface area contributed by atoms with Gasteiger partial charge in [-0.2, -0.15) is 0 Å². The van der Waals surface area contributed by atoms with Gasteiger partial charge in [0.05, 0.1) is 6.61 Å². The molecular weight excluding hydrogens is 388 g/mol. The van der Waals surface area contributed by atoms with E-state index in [0.717, 1.165) is 25.0 Å². The van der Waals surface area contributed by atoms with Gasteiger partial charge >= 0.3 is 0 Å². The van der Waals surface area contributed by atoms with E-state index in [1.165, 1.54) is 38.5 Å². The average Bonchev–Trinajstić information content (AvgIpc) is 2.80. The van der Waals surface area contributed by atoms with Gasteiger partial charge in [0.2, 0.25) is 0 Å². The molecule has 0 heterocycles. The molecular formula is C26H34N2O3. The zero-order chi connectivity index (χ0) is 21.9. The normalized spacial score (nSPS) is 14.1. The van der Waals surface area contributed by atoms with Crippen LogP contribution in [0, 0.1) is 0 Å². The Kier molecular flexibility index (Phi) is 8.95. The van der Waals surface area contributed by atoms with Crippen molar-refractivity contribution in [3.05, 3.63) is 59.7 Å². The van der Waals surface area contributed by atoms with Crippen molar-refractivity contribution in [1.29, 1.82) is 0 Å². The molecule has 5 heteroatoms. The van der Waals surface area contributed by atoms with Crippen LogP contribution < -0.4 is 15.4 Å². The van der Waals surface area contributed by atoms with E-state index in [1.54, 1.807) is 36.4 Å². The first-order chi connectivity index (χ1) is 15.2. The summed E-state index contributed by atoms with van der Waals surface area (Å²) >= 11 is 0. The Morgan fingerprint density at radius 2 is 1.68 bits per heavy atom. The average molecular weight is 423 g/mol. The molecule has 0 unspecified atom stereocenters. The number of unbranched alkanes of at least 4 members (excludes halogenated alkanes) is 3. The van der Waals surface area contributed by atoms with Gasteiger partial charge < -0.3 is 15.4 Å². The fraction of sp³-hybridized carbons (Fsp3) is 0.462. The smallest absolute Gasteiger partial charge is 0.255 e. The molecule has 5 nitrogen and oxygen atoms in total. The van der Waals surface area contributed by atoms with Crippen LogP contribution in [0.1, 0.15) is 85.4 Å². The SMILES string of the molecule is CCCCCCOc1ccc(C(=O)Nc2cccc(C(=O)NC3CCCCC3)c2)cc1. The number of carbonyl (C=O) groups excluding carboxylic acids is 2. The van der Waals surface area contributed by atoms with Gasteiger partial charge in [-0.1, -0.05) is 51.5 Å².